The lowest BCUT2D eigenvalue weighted by atomic mass is 10.1. The van der Waals surface area contributed by atoms with E-state index < -0.39 is 0 Å². The Morgan fingerprint density at radius 3 is 2.07 bits per heavy atom. The molecule has 146 valence electrons. The fourth-order valence-electron chi connectivity index (χ4n) is 3.42. The van der Waals surface area contributed by atoms with E-state index in [1.807, 2.05) is 25.8 Å². The Morgan fingerprint density at radius 2 is 1.48 bits per heavy atom. The zero-order valence-electron chi connectivity index (χ0n) is 17.5. The molecule has 27 heavy (non-hydrogen) atoms. The SMILES string of the molecule is Cc1cc(C)cc(OCCCN(C)CC(=O)Nc2c(C)cc(C)cc2C)c1. The molecule has 0 saturated heterocycles. The molecule has 4 nitrogen and oxygen atoms in total. The van der Waals surface area contributed by atoms with Gasteiger partial charge in [-0.25, -0.2) is 0 Å². The molecule has 0 unspecified atom stereocenters. The van der Waals surface area contributed by atoms with Gasteiger partial charge in [-0.2, -0.15) is 0 Å². The molecule has 1 amide bonds. The molecule has 4 heteroatoms. The van der Waals surface area contributed by atoms with E-state index in [9.17, 15) is 4.79 Å². The average Bonchev–Trinajstić information content (AvgIpc) is 2.54. The van der Waals surface area contributed by atoms with E-state index >= 15 is 0 Å². The van der Waals surface area contributed by atoms with Crippen LogP contribution in [0, 0.1) is 34.6 Å². The van der Waals surface area contributed by atoms with Gasteiger partial charge in [0.1, 0.15) is 5.75 Å². The fraction of sp³-hybridized carbons (Fsp3) is 0.435. The Balaban J connectivity index is 1.75. The predicted molar refractivity (Wildman–Crippen MR) is 113 cm³/mol. The lowest BCUT2D eigenvalue weighted by Crippen LogP contribution is -2.31. The number of aryl methyl sites for hydroxylation is 5. The Morgan fingerprint density at radius 1 is 0.926 bits per heavy atom. The summed E-state index contributed by atoms with van der Waals surface area (Å²) in [6.45, 7) is 12.1. The maximum absolute atomic E-state index is 12.4. The summed E-state index contributed by atoms with van der Waals surface area (Å²) in [6, 6.07) is 10.4. The fourth-order valence-corrected chi connectivity index (χ4v) is 3.42. The monoisotopic (exact) mass is 368 g/mol. The summed E-state index contributed by atoms with van der Waals surface area (Å²) in [5, 5.41) is 3.05. The highest BCUT2D eigenvalue weighted by molar-refractivity contribution is 5.93. The third-order valence-electron chi connectivity index (χ3n) is 4.50. The number of nitrogens with zero attached hydrogens (tertiary/aromatic N) is 1. The molecule has 0 radical (unpaired) electrons. The first kappa shape index (κ1) is 21.0. The molecule has 1 N–H and O–H groups in total. The lowest BCUT2D eigenvalue weighted by molar-refractivity contribution is -0.117. The molecule has 0 aliphatic heterocycles. The van der Waals surface area contributed by atoms with Crippen molar-refractivity contribution in [1.29, 1.82) is 0 Å². The van der Waals surface area contributed by atoms with Crippen LogP contribution >= 0.6 is 0 Å². The third-order valence-corrected chi connectivity index (χ3v) is 4.50. The second kappa shape index (κ2) is 9.56. The van der Waals surface area contributed by atoms with Crippen LogP contribution in [0.25, 0.3) is 0 Å². The van der Waals surface area contributed by atoms with E-state index in [1.165, 1.54) is 16.7 Å². The number of hydrogen-bond acceptors (Lipinski definition) is 3. The molecule has 0 saturated carbocycles. The van der Waals surface area contributed by atoms with E-state index in [-0.39, 0.29) is 5.91 Å². The van der Waals surface area contributed by atoms with Crippen molar-refractivity contribution >= 4 is 11.6 Å². The number of amides is 1. The van der Waals surface area contributed by atoms with Crippen LogP contribution in [0.2, 0.25) is 0 Å². The minimum atomic E-state index is 0.0165. The van der Waals surface area contributed by atoms with Gasteiger partial charge in [-0.15, -0.1) is 0 Å². The van der Waals surface area contributed by atoms with Gasteiger partial charge in [-0.05, 0) is 82.5 Å². The number of benzene rings is 2. The first-order valence-electron chi connectivity index (χ1n) is 9.52. The Labute approximate surface area is 163 Å². The molecule has 0 aliphatic rings. The molecule has 0 heterocycles. The van der Waals surface area contributed by atoms with Gasteiger partial charge in [0.25, 0.3) is 0 Å². The average molecular weight is 369 g/mol. The van der Waals surface area contributed by atoms with Gasteiger partial charge in [-0.3, -0.25) is 9.69 Å². The van der Waals surface area contributed by atoms with Crippen molar-refractivity contribution in [1.82, 2.24) is 4.90 Å². The van der Waals surface area contributed by atoms with Gasteiger partial charge in [0.05, 0.1) is 13.2 Å². The Kier molecular flexibility index (Phi) is 7.43. The molecule has 0 fully saturated rings. The van der Waals surface area contributed by atoms with E-state index in [0.29, 0.717) is 13.2 Å². The predicted octanol–water partition coefficient (Wildman–Crippen LogP) is 4.57. The first-order chi connectivity index (χ1) is 12.7. The standard InChI is InChI=1S/C23H32N2O2/c1-16-10-17(2)14-21(13-16)27-9-7-8-25(6)15-22(26)24-23-19(4)11-18(3)12-20(23)5/h10-14H,7-9,15H2,1-6H3,(H,24,26). The lowest BCUT2D eigenvalue weighted by Gasteiger charge is -2.18. The summed E-state index contributed by atoms with van der Waals surface area (Å²) in [5.41, 5.74) is 6.76. The van der Waals surface area contributed by atoms with Crippen LogP contribution in [0.15, 0.2) is 30.3 Å². The summed E-state index contributed by atoms with van der Waals surface area (Å²) in [4.78, 5) is 14.4. The van der Waals surface area contributed by atoms with Crippen molar-refractivity contribution < 1.29 is 9.53 Å². The minimum absolute atomic E-state index is 0.0165. The molecule has 0 atom stereocenters. The van der Waals surface area contributed by atoms with Crippen molar-refractivity contribution in [2.45, 2.75) is 41.0 Å². The topological polar surface area (TPSA) is 41.6 Å². The van der Waals surface area contributed by atoms with Crippen LogP contribution in [0.5, 0.6) is 5.75 Å². The van der Waals surface area contributed by atoms with Crippen molar-refractivity contribution in [3.8, 4) is 5.75 Å². The van der Waals surface area contributed by atoms with Crippen molar-refractivity contribution in [3.05, 3.63) is 58.1 Å². The molecular formula is C23H32N2O2. The van der Waals surface area contributed by atoms with Gasteiger partial charge in [0.15, 0.2) is 0 Å². The van der Waals surface area contributed by atoms with Gasteiger partial charge >= 0.3 is 0 Å². The number of nitrogens with one attached hydrogen (secondary N) is 1. The molecule has 2 rings (SSSR count). The minimum Gasteiger partial charge on any atom is -0.494 e. The van der Waals surface area contributed by atoms with Crippen LogP contribution < -0.4 is 10.1 Å². The normalized spacial score (nSPS) is 10.9. The molecule has 2 aromatic rings. The smallest absolute Gasteiger partial charge is 0.238 e. The van der Waals surface area contributed by atoms with Crippen molar-refractivity contribution in [3.63, 3.8) is 0 Å². The largest absolute Gasteiger partial charge is 0.494 e. The zero-order chi connectivity index (χ0) is 20.0. The maximum atomic E-state index is 12.4. The van der Waals surface area contributed by atoms with Gasteiger partial charge in [-0.1, -0.05) is 23.8 Å². The number of carbonyl (C=O) groups is 1. The summed E-state index contributed by atoms with van der Waals surface area (Å²) < 4.78 is 5.83. The number of carbonyl (C=O) groups excluding carboxylic acids is 1. The highest BCUT2D eigenvalue weighted by Gasteiger charge is 2.10. The highest BCUT2D eigenvalue weighted by Crippen LogP contribution is 2.21. The third kappa shape index (κ3) is 6.72. The molecule has 0 aliphatic carbocycles. The summed E-state index contributed by atoms with van der Waals surface area (Å²) in [6.07, 6.45) is 0.874. The molecule has 0 aromatic heterocycles. The van der Waals surface area contributed by atoms with Crippen molar-refractivity contribution in [2.75, 3.05) is 32.1 Å². The van der Waals surface area contributed by atoms with Gasteiger partial charge in [0.2, 0.25) is 5.91 Å². The van der Waals surface area contributed by atoms with Crippen LogP contribution in [0.4, 0.5) is 5.69 Å². The van der Waals surface area contributed by atoms with E-state index in [1.54, 1.807) is 0 Å². The van der Waals surface area contributed by atoms with Crippen molar-refractivity contribution in [2.24, 2.45) is 0 Å². The summed E-state index contributed by atoms with van der Waals surface area (Å²) in [5.74, 6) is 0.931. The summed E-state index contributed by atoms with van der Waals surface area (Å²) >= 11 is 0. The zero-order valence-corrected chi connectivity index (χ0v) is 17.5. The second-order valence-corrected chi connectivity index (χ2v) is 7.59. The maximum Gasteiger partial charge on any atom is 0.238 e. The van der Waals surface area contributed by atoms with E-state index in [2.05, 4.69) is 56.4 Å². The Hall–Kier alpha value is -2.33. The van der Waals surface area contributed by atoms with Crippen LogP contribution in [0.1, 0.15) is 34.2 Å². The number of rotatable bonds is 8. The highest BCUT2D eigenvalue weighted by atomic mass is 16.5. The molecular weight excluding hydrogens is 336 g/mol. The van der Waals surface area contributed by atoms with E-state index in [0.717, 1.165) is 35.5 Å². The Bertz CT molecular complexity index is 756. The van der Waals surface area contributed by atoms with Crippen LogP contribution in [-0.2, 0) is 4.79 Å². The number of hydrogen-bond donors (Lipinski definition) is 1. The first-order valence-corrected chi connectivity index (χ1v) is 9.52. The van der Waals surface area contributed by atoms with Gasteiger partial charge in [0, 0.05) is 12.2 Å². The number of anilines is 1. The molecule has 2 aromatic carbocycles. The van der Waals surface area contributed by atoms with Gasteiger partial charge < -0.3 is 10.1 Å². The summed E-state index contributed by atoms with van der Waals surface area (Å²) in [7, 11) is 1.96. The van der Waals surface area contributed by atoms with Crippen LogP contribution in [-0.4, -0.2) is 37.6 Å². The molecule has 0 spiro atoms. The van der Waals surface area contributed by atoms with E-state index in [4.69, 9.17) is 4.74 Å². The van der Waals surface area contributed by atoms with Crippen LogP contribution in [0.3, 0.4) is 0 Å². The number of likely N-dealkylation sites (N-methyl/N-ethyl adjacent to an activating group) is 1. The molecule has 0 bridgehead atoms. The number of ether oxygens (including phenoxy) is 1. The quantitative estimate of drug-likeness (QED) is 0.694. The second-order valence-electron chi connectivity index (χ2n) is 7.59.